The van der Waals surface area contributed by atoms with E-state index in [-0.39, 0.29) is 17.0 Å². The maximum atomic E-state index is 13.3. The lowest BCUT2D eigenvalue weighted by atomic mass is 10.00. The number of amides is 1. The van der Waals surface area contributed by atoms with Gasteiger partial charge in [-0.05, 0) is 37.3 Å². The van der Waals surface area contributed by atoms with E-state index in [1.54, 1.807) is 31.2 Å². The third-order valence-corrected chi connectivity index (χ3v) is 4.75. The zero-order valence-corrected chi connectivity index (χ0v) is 18.2. The maximum Gasteiger partial charge on any atom is 0.406 e. The monoisotopic (exact) mass is 498 g/mol. The summed E-state index contributed by atoms with van der Waals surface area (Å²) < 4.78 is 51.2. The second-order valence-corrected chi connectivity index (χ2v) is 7.52. The first-order valence-corrected chi connectivity index (χ1v) is 10.0. The number of alkyl halides is 3. The number of benzodiazepines with no additional fused rings is 1. The van der Waals surface area contributed by atoms with Gasteiger partial charge in [-0.3, -0.25) is 14.5 Å². The third-order valence-electron chi connectivity index (χ3n) is 4.26. The first-order valence-electron chi connectivity index (χ1n) is 9.25. The Labute approximate surface area is 184 Å². The highest BCUT2D eigenvalue weighted by Gasteiger charge is 2.40. The summed E-state index contributed by atoms with van der Waals surface area (Å²) >= 11 is 3.36. The highest BCUT2D eigenvalue weighted by atomic mass is 79.9. The fourth-order valence-corrected chi connectivity index (χ4v) is 3.53. The number of esters is 1. The van der Waals surface area contributed by atoms with Crippen molar-refractivity contribution in [2.24, 2.45) is 4.99 Å². The molecule has 6 nitrogen and oxygen atoms in total. The average molecular weight is 499 g/mol. The smallest absolute Gasteiger partial charge is 0.406 e. The van der Waals surface area contributed by atoms with Crippen LogP contribution in [0.3, 0.4) is 0 Å². The molecule has 0 radical (unpaired) electrons. The minimum atomic E-state index is -4.69. The number of fused-ring (bicyclic) bond motifs is 1. The van der Waals surface area contributed by atoms with Crippen molar-refractivity contribution in [3.8, 4) is 5.75 Å². The van der Waals surface area contributed by atoms with E-state index in [1.165, 1.54) is 18.2 Å². The standard InChI is InChI=1S/C21H18BrF3N2O4/c1-3-30-15-7-8-17-16(10-15)18(13-5-4-6-14(22)9-13)26-19(31-12(2)28)20(29)27(17)11-21(23,24)25/h4-10,19H,3,11H2,1-2H3. The summed E-state index contributed by atoms with van der Waals surface area (Å²) in [7, 11) is 0. The van der Waals surface area contributed by atoms with Crippen LogP contribution >= 0.6 is 15.9 Å². The van der Waals surface area contributed by atoms with Gasteiger partial charge in [-0.2, -0.15) is 13.2 Å². The van der Waals surface area contributed by atoms with Crippen LogP contribution in [-0.4, -0.2) is 43.1 Å². The van der Waals surface area contributed by atoms with E-state index in [2.05, 4.69) is 20.9 Å². The molecule has 0 N–H and O–H groups in total. The Morgan fingerprint density at radius 1 is 1.23 bits per heavy atom. The van der Waals surface area contributed by atoms with Gasteiger partial charge in [0.2, 0.25) is 0 Å². The van der Waals surface area contributed by atoms with Crippen molar-refractivity contribution in [3.63, 3.8) is 0 Å². The van der Waals surface area contributed by atoms with Gasteiger partial charge in [-0.25, -0.2) is 4.99 Å². The molecule has 1 unspecified atom stereocenters. The molecule has 2 aromatic carbocycles. The molecule has 1 atom stereocenters. The second-order valence-electron chi connectivity index (χ2n) is 6.60. The number of benzene rings is 2. The lowest BCUT2D eigenvalue weighted by Gasteiger charge is -2.26. The van der Waals surface area contributed by atoms with Crippen molar-refractivity contribution in [1.29, 1.82) is 0 Å². The number of hydrogen-bond donors (Lipinski definition) is 0. The van der Waals surface area contributed by atoms with E-state index in [9.17, 15) is 22.8 Å². The van der Waals surface area contributed by atoms with Gasteiger partial charge >= 0.3 is 12.1 Å². The lowest BCUT2D eigenvalue weighted by Crippen LogP contribution is -2.44. The maximum absolute atomic E-state index is 13.3. The number of ether oxygens (including phenoxy) is 2. The summed E-state index contributed by atoms with van der Waals surface area (Å²) in [4.78, 5) is 29.3. The molecule has 10 heteroatoms. The first-order chi connectivity index (χ1) is 14.6. The molecule has 0 saturated heterocycles. The Bertz CT molecular complexity index is 1040. The summed E-state index contributed by atoms with van der Waals surface area (Å²) in [5.41, 5.74) is 0.945. The van der Waals surface area contributed by atoms with Crippen LogP contribution in [0.15, 0.2) is 51.9 Å². The van der Waals surface area contributed by atoms with Crippen LogP contribution in [-0.2, 0) is 14.3 Å². The summed E-state index contributed by atoms with van der Waals surface area (Å²) in [6, 6.07) is 11.2. The number of aliphatic imine (C=N–C) groups is 1. The summed E-state index contributed by atoms with van der Waals surface area (Å²) in [5, 5.41) is 0. The Morgan fingerprint density at radius 2 is 1.97 bits per heavy atom. The Hall–Kier alpha value is -2.88. The Morgan fingerprint density at radius 3 is 2.58 bits per heavy atom. The third kappa shape index (κ3) is 5.43. The van der Waals surface area contributed by atoms with E-state index in [4.69, 9.17) is 9.47 Å². The minimum absolute atomic E-state index is 0.0147. The van der Waals surface area contributed by atoms with Crippen LogP contribution in [0.2, 0.25) is 0 Å². The predicted octanol–water partition coefficient (Wildman–Crippen LogP) is 4.48. The fraction of sp³-hybridized carbons (Fsp3) is 0.286. The van der Waals surface area contributed by atoms with Gasteiger partial charge in [0.15, 0.2) is 0 Å². The molecule has 0 aliphatic carbocycles. The SMILES string of the molecule is CCOc1ccc2c(c1)C(c1cccc(Br)c1)=NC(OC(C)=O)C(=O)N2CC(F)(F)F. The summed E-state index contributed by atoms with van der Waals surface area (Å²) in [5.74, 6) is -1.54. The van der Waals surface area contributed by atoms with E-state index in [0.29, 0.717) is 27.3 Å². The summed E-state index contributed by atoms with van der Waals surface area (Å²) in [6.07, 6.45) is -6.45. The van der Waals surface area contributed by atoms with Gasteiger partial charge in [0, 0.05) is 22.5 Å². The largest absolute Gasteiger partial charge is 0.494 e. The molecule has 2 aromatic rings. The Balaban J connectivity index is 2.28. The molecule has 0 saturated carbocycles. The molecule has 0 fully saturated rings. The molecule has 0 aromatic heterocycles. The number of carbonyl (C=O) groups is 2. The van der Waals surface area contributed by atoms with E-state index >= 15 is 0 Å². The van der Waals surface area contributed by atoms with Crippen molar-refractivity contribution in [2.75, 3.05) is 18.1 Å². The topological polar surface area (TPSA) is 68.2 Å². The highest BCUT2D eigenvalue weighted by Crippen LogP contribution is 2.34. The molecular formula is C21H18BrF3N2O4. The number of rotatable bonds is 5. The molecule has 0 spiro atoms. The molecule has 0 bridgehead atoms. The van der Waals surface area contributed by atoms with Crippen LogP contribution in [0, 0.1) is 0 Å². The van der Waals surface area contributed by atoms with Crippen LogP contribution in [0.25, 0.3) is 0 Å². The van der Waals surface area contributed by atoms with Gasteiger partial charge in [0.25, 0.3) is 12.1 Å². The van der Waals surface area contributed by atoms with Crippen LogP contribution < -0.4 is 9.64 Å². The average Bonchev–Trinajstić information content (AvgIpc) is 2.77. The zero-order valence-electron chi connectivity index (χ0n) is 16.6. The van der Waals surface area contributed by atoms with E-state index in [0.717, 1.165) is 6.92 Å². The predicted molar refractivity (Wildman–Crippen MR) is 111 cm³/mol. The molecule has 3 rings (SSSR count). The van der Waals surface area contributed by atoms with E-state index < -0.39 is 30.8 Å². The first kappa shape index (κ1) is 22.8. The van der Waals surface area contributed by atoms with Crippen LogP contribution in [0.1, 0.15) is 25.0 Å². The van der Waals surface area contributed by atoms with Gasteiger partial charge in [-0.1, -0.05) is 28.1 Å². The van der Waals surface area contributed by atoms with Crippen molar-refractivity contribution in [1.82, 2.24) is 0 Å². The zero-order chi connectivity index (χ0) is 22.8. The second kappa shape index (κ2) is 9.09. The molecule has 1 aliphatic rings. The number of anilines is 1. The number of nitrogens with zero attached hydrogens (tertiary/aromatic N) is 2. The molecule has 164 valence electrons. The normalized spacial score (nSPS) is 16.3. The van der Waals surface area contributed by atoms with Crippen molar-refractivity contribution < 1.29 is 32.2 Å². The van der Waals surface area contributed by atoms with Crippen molar-refractivity contribution in [3.05, 3.63) is 58.1 Å². The summed E-state index contributed by atoms with van der Waals surface area (Å²) in [6.45, 7) is 1.60. The van der Waals surface area contributed by atoms with E-state index in [1.807, 2.05) is 0 Å². The van der Waals surface area contributed by atoms with Crippen molar-refractivity contribution >= 4 is 39.2 Å². The number of hydrogen-bond acceptors (Lipinski definition) is 5. The highest BCUT2D eigenvalue weighted by molar-refractivity contribution is 9.10. The number of halogens is 4. The molecular weight excluding hydrogens is 481 g/mol. The molecule has 1 heterocycles. The molecule has 31 heavy (non-hydrogen) atoms. The van der Waals surface area contributed by atoms with Gasteiger partial charge in [0.05, 0.1) is 18.0 Å². The minimum Gasteiger partial charge on any atom is -0.494 e. The molecule has 1 amide bonds. The Kier molecular flexibility index (Phi) is 6.68. The number of carbonyl (C=O) groups excluding carboxylic acids is 2. The molecule has 1 aliphatic heterocycles. The van der Waals surface area contributed by atoms with Gasteiger partial charge in [-0.15, -0.1) is 0 Å². The van der Waals surface area contributed by atoms with Gasteiger partial charge in [0.1, 0.15) is 12.3 Å². The quantitative estimate of drug-likeness (QED) is 0.569. The lowest BCUT2D eigenvalue weighted by molar-refractivity contribution is -0.154. The fourth-order valence-electron chi connectivity index (χ4n) is 3.13. The van der Waals surface area contributed by atoms with Crippen molar-refractivity contribution in [2.45, 2.75) is 26.3 Å². The van der Waals surface area contributed by atoms with Crippen LogP contribution in [0.4, 0.5) is 18.9 Å². The van der Waals surface area contributed by atoms with Gasteiger partial charge < -0.3 is 9.47 Å². The van der Waals surface area contributed by atoms with Crippen LogP contribution in [0.5, 0.6) is 5.75 Å².